The molecule has 164 valence electrons. The van der Waals surface area contributed by atoms with Gasteiger partial charge in [-0.05, 0) is 17.7 Å². The molecular weight excluding hydrogens is 407 g/mol. The van der Waals surface area contributed by atoms with Crippen molar-refractivity contribution in [2.45, 2.75) is 39.2 Å². The van der Waals surface area contributed by atoms with Crippen molar-refractivity contribution in [2.24, 2.45) is 7.05 Å². The van der Waals surface area contributed by atoms with E-state index in [0.717, 1.165) is 36.3 Å². The minimum absolute atomic E-state index is 0.144. The molecular formula is C23H25FN8. The van der Waals surface area contributed by atoms with Crippen molar-refractivity contribution in [1.29, 1.82) is 0 Å². The van der Waals surface area contributed by atoms with Crippen LogP contribution in [0.4, 0.5) is 16.2 Å². The third-order valence-electron chi connectivity index (χ3n) is 5.58. The summed E-state index contributed by atoms with van der Waals surface area (Å²) in [5.41, 5.74) is 4.51. The third-order valence-corrected chi connectivity index (χ3v) is 5.58. The van der Waals surface area contributed by atoms with Gasteiger partial charge in [-0.1, -0.05) is 26.8 Å². The fourth-order valence-electron chi connectivity index (χ4n) is 4.25. The number of halogens is 1. The lowest BCUT2D eigenvalue weighted by atomic mass is 9.89. The summed E-state index contributed by atoms with van der Waals surface area (Å²) in [6.07, 6.45) is 3.64. The molecule has 0 bridgehead atoms. The Kier molecular flexibility index (Phi) is 4.85. The maximum Gasteiger partial charge on any atom is 0.229 e. The number of hydrogen-bond acceptors (Lipinski definition) is 7. The van der Waals surface area contributed by atoms with Crippen LogP contribution in [0.15, 0.2) is 30.6 Å². The fourth-order valence-corrected chi connectivity index (χ4v) is 4.25. The minimum atomic E-state index is -0.512. The van der Waals surface area contributed by atoms with Gasteiger partial charge < -0.3 is 10.6 Å². The molecule has 0 aromatic carbocycles. The molecule has 0 saturated heterocycles. The van der Waals surface area contributed by atoms with Gasteiger partial charge in [0.25, 0.3) is 0 Å². The molecule has 0 fully saturated rings. The Labute approximate surface area is 185 Å². The Morgan fingerprint density at radius 2 is 1.97 bits per heavy atom. The van der Waals surface area contributed by atoms with Gasteiger partial charge in [0.2, 0.25) is 5.95 Å². The Balaban J connectivity index is 1.52. The van der Waals surface area contributed by atoms with Crippen LogP contribution in [-0.2, 0) is 25.4 Å². The molecule has 2 N–H and O–H groups in total. The largest absolute Gasteiger partial charge is 0.312 e. The molecule has 0 unspecified atom stereocenters. The third kappa shape index (κ3) is 3.69. The second-order valence-corrected chi connectivity index (χ2v) is 9.06. The number of fused-ring (bicyclic) bond motifs is 2. The quantitative estimate of drug-likeness (QED) is 0.510. The van der Waals surface area contributed by atoms with E-state index in [1.54, 1.807) is 6.20 Å². The molecule has 0 spiro atoms. The normalized spacial score (nSPS) is 13.9. The molecule has 0 atom stereocenters. The average Bonchev–Trinajstić information content (AvgIpc) is 3.10. The van der Waals surface area contributed by atoms with E-state index in [4.69, 9.17) is 0 Å². The number of aromatic nitrogens is 6. The van der Waals surface area contributed by atoms with Crippen LogP contribution in [0.2, 0.25) is 0 Å². The number of aryl methyl sites for hydroxylation is 1. The molecule has 4 aromatic heterocycles. The van der Waals surface area contributed by atoms with Crippen LogP contribution >= 0.6 is 0 Å². The van der Waals surface area contributed by atoms with Crippen molar-refractivity contribution >= 4 is 22.8 Å². The molecule has 32 heavy (non-hydrogen) atoms. The molecule has 5 rings (SSSR count). The highest BCUT2D eigenvalue weighted by Gasteiger charge is 2.24. The van der Waals surface area contributed by atoms with Gasteiger partial charge in [-0.3, -0.25) is 4.68 Å². The lowest BCUT2D eigenvalue weighted by Crippen LogP contribution is -2.24. The van der Waals surface area contributed by atoms with Crippen molar-refractivity contribution in [2.75, 3.05) is 11.9 Å². The summed E-state index contributed by atoms with van der Waals surface area (Å²) in [7, 11) is 1.90. The smallest absolute Gasteiger partial charge is 0.229 e. The van der Waals surface area contributed by atoms with Crippen LogP contribution in [-0.4, -0.2) is 36.3 Å². The van der Waals surface area contributed by atoms with E-state index in [-0.39, 0.29) is 17.1 Å². The summed E-state index contributed by atoms with van der Waals surface area (Å²) >= 11 is 0. The van der Waals surface area contributed by atoms with Crippen molar-refractivity contribution in [3.8, 4) is 11.3 Å². The van der Waals surface area contributed by atoms with Gasteiger partial charge in [0.1, 0.15) is 11.5 Å². The SMILES string of the molecule is Cn1nc2ncc(-c3nc(Nc4ccc5c(n4)CCNC5)ncc3F)cc2c1C(C)(C)C. The molecule has 0 amide bonds. The fraction of sp³-hybridized carbons (Fsp3) is 0.348. The zero-order valence-electron chi connectivity index (χ0n) is 18.6. The Hall–Kier alpha value is -3.46. The van der Waals surface area contributed by atoms with Gasteiger partial charge in [0.05, 0.1) is 11.9 Å². The summed E-state index contributed by atoms with van der Waals surface area (Å²) in [4.78, 5) is 17.7. The van der Waals surface area contributed by atoms with E-state index in [0.29, 0.717) is 17.0 Å². The number of nitrogens with one attached hydrogen (secondary N) is 2. The molecule has 0 aliphatic carbocycles. The molecule has 9 heteroatoms. The summed E-state index contributed by atoms with van der Waals surface area (Å²) < 4.78 is 16.6. The zero-order chi connectivity index (χ0) is 22.5. The lowest BCUT2D eigenvalue weighted by molar-refractivity contribution is 0.528. The van der Waals surface area contributed by atoms with Gasteiger partial charge in [-0.25, -0.2) is 24.3 Å². The van der Waals surface area contributed by atoms with Crippen LogP contribution in [0.5, 0.6) is 0 Å². The predicted octanol–water partition coefficient (Wildman–Crippen LogP) is 3.65. The Bertz CT molecular complexity index is 1320. The Morgan fingerprint density at radius 3 is 2.78 bits per heavy atom. The Morgan fingerprint density at radius 1 is 1.12 bits per heavy atom. The molecule has 0 radical (unpaired) electrons. The predicted molar refractivity (Wildman–Crippen MR) is 121 cm³/mol. The van der Waals surface area contributed by atoms with Crippen LogP contribution in [0.3, 0.4) is 0 Å². The monoisotopic (exact) mass is 432 g/mol. The number of hydrogen-bond donors (Lipinski definition) is 2. The van der Waals surface area contributed by atoms with Crippen molar-refractivity contribution in [3.63, 3.8) is 0 Å². The first-order valence-corrected chi connectivity index (χ1v) is 10.6. The summed E-state index contributed by atoms with van der Waals surface area (Å²) in [6, 6.07) is 5.82. The summed E-state index contributed by atoms with van der Waals surface area (Å²) in [5.74, 6) is 0.409. The second kappa shape index (κ2) is 7.59. The molecule has 1 aliphatic heterocycles. The van der Waals surface area contributed by atoms with E-state index in [2.05, 4.69) is 56.4 Å². The number of rotatable bonds is 3. The van der Waals surface area contributed by atoms with E-state index >= 15 is 0 Å². The maximum absolute atomic E-state index is 14.7. The van der Waals surface area contributed by atoms with Crippen LogP contribution in [0.1, 0.15) is 37.7 Å². The van der Waals surface area contributed by atoms with Crippen LogP contribution in [0, 0.1) is 5.82 Å². The highest BCUT2D eigenvalue weighted by atomic mass is 19.1. The highest BCUT2D eigenvalue weighted by Crippen LogP contribution is 2.32. The van der Waals surface area contributed by atoms with Gasteiger partial charge in [-0.2, -0.15) is 5.10 Å². The first-order valence-electron chi connectivity index (χ1n) is 10.6. The number of nitrogens with zero attached hydrogens (tertiary/aromatic N) is 6. The van der Waals surface area contributed by atoms with Crippen molar-refractivity contribution < 1.29 is 4.39 Å². The van der Waals surface area contributed by atoms with Gasteiger partial charge in [0, 0.05) is 54.8 Å². The first-order chi connectivity index (χ1) is 15.3. The molecule has 1 aliphatic rings. The minimum Gasteiger partial charge on any atom is -0.312 e. The summed E-state index contributed by atoms with van der Waals surface area (Å²) in [5, 5.41) is 11.8. The topological polar surface area (TPSA) is 93.4 Å². The molecule has 5 heterocycles. The van der Waals surface area contributed by atoms with Gasteiger partial charge >= 0.3 is 0 Å². The molecule has 4 aromatic rings. The van der Waals surface area contributed by atoms with E-state index in [1.165, 1.54) is 11.8 Å². The number of anilines is 2. The standard InChI is InChI=1S/C23H25FN8/c1-23(2,3)20-15-9-14(11-26-21(15)31-32(20)4)19-16(24)12-27-22(30-19)29-18-6-5-13-10-25-8-7-17(13)28-18/h5-6,9,11-12,25H,7-8,10H2,1-4H3,(H,27,28,29,30). The van der Waals surface area contributed by atoms with Crippen molar-refractivity contribution in [1.82, 2.24) is 35.0 Å². The van der Waals surface area contributed by atoms with E-state index in [1.807, 2.05) is 29.9 Å². The zero-order valence-corrected chi connectivity index (χ0v) is 18.6. The van der Waals surface area contributed by atoms with Gasteiger partial charge in [-0.15, -0.1) is 0 Å². The van der Waals surface area contributed by atoms with E-state index < -0.39 is 5.82 Å². The number of pyridine rings is 2. The first kappa shape index (κ1) is 20.4. The lowest BCUT2D eigenvalue weighted by Gasteiger charge is -2.19. The average molecular weight is 433 g/mol. The van der Waals surface area contributed by atoms with Crippen LogP contribution < -0.4 is 10.6 Å². The summed E-state index contributed by atoms with van der Waals surface area (Å²) in [6.45, 7) is 8.07. The second-order valence-electron chi connectivity index (χ2n) is 9.06. The maximum atomic E-state index is 14.7. The van der Waals surface area contributed by atoms with Crippen molar-refractivity contribution in [3.05, 3.63) is 53.4 Å². The molecule has 8 nitrogen and oxygen atoms in total. The highest BCUT2D eigenvalue weighted by molar-refractivity contribution is 5.83. The molecule has 0 saturated carbocycles. The van der Waals surface area contributed by atoms with Gasteiger partial charge in [0.15, 0.2) is 11.5 Å². The van der Waals surface area contributed by atoms with Crippen LogP contribution in [0.25, 0.3) is 22.3 Å². The van der Waals surface area contributed by atoms with E-state index in [9.17, 15) is 4.39 Å².